The van der Waals surface area contributed by atoms with Crippen molar-refractivity contribution in [3.05, 3.63) is 0 Å². The first-order chi connectivity index (χ1) is 9.10. The Bertz CT molecular complexity index is 252. The van der Waals surface area contributed by atoms with E-state index in [1.165, 1.54) is 51.4 Å². The Morgan fingerprint density at radius 3 is 2.42 bits per heavy atom. The zero-order valence-electron chi connectivity index (χ0n) is 13.2. The molecule has 0 unspecified atom stereocenters. The minimum absolute atomic E-state index is 0.159. The van der Waals surface area contributed by atoms with Gasteiger partial charge in [0, 0.05) is 19.2 Å². The Kier molecular flexibility index (Phi) is 5.70. The van der Waals surface area contributed by atoms with E-state index in [0.29, 0.717) is 0 Å². The van der Waals surface area contributed by atoms with Gasteiger partial charge < -0.3 is 10.1 Å². The third-order valence-electron chi connectivity index (χ3n) is 4.81. The molecule has 2 nitrogen and oxygen atoms in total. The summed E-state index contributed by atoms with van der Waals surface area (Å²) in [6.07, 6.45) is 10.5. The second kappa shape index (κ2) is 7.08. The molecule has 2 aliphatic carbocycles. The molecule has 0 saturated heterocycles. The number of ether oxygens (including phenoxy) is 1. The molecule has 1 N–H and O–H groups in total. The van der Waals surface area contributed by atoms with Crippen molar-refractivity contribution >= 4 is 0 Å². The molecular weight excluding hydrogens is 234 g/mol. The van der Waals surface area contributed by atoms with Crippen molar-refractivity contribution in [3.8, 4) is 0 Å². The Labute approximate surface area is 119 Å². The lowest BCUT2D eigenvalue weighted by Crippen LogP contribution is -2.46. The van der Waals surface area contributed by atoms with E-state index < -0.39 is 0 Å². The zero-order valence-corrected chi connectivity index (χ0v) is 13.2. The van der Waals surface area contributed by atoms with E-state index in [1.807, 2.05) is 0 Å². The summed E-state index contributed by atoms with van der Waals surface area (Å²) in [5.74, 6) is 1.70. The molecule has 2 heteroatoms. The van der Waals surface area contributed by atoms with Gasteiger partial charge in [0.2, 0.25) is 0 Å². The van der Waals surface area contributed by atoms with Gasteiger partial charge in [-0.2, -0.15) is 0 Å². The molecule has 0 spiro atoms. The van der Waals surface area contributed by atoms with Crippen molar-refractivity contribution in [2.75, 3.05) is 13.2 Å². The lowest BCUT2D eigenvalue weighted by Gasteiger charge is -2.40. The summed E-state index contributed by atoms with van der Waals surface area (Å²) >= 11 is 0. The van der Waals surface area contributed by atoms with Crippen LogP contribution in [0.25, 0.3) is 0 Å². The predicted molar refractivity (Wildman–Crippen MR) is 81.4 cm³/mol. The third-order valence-corrected chi connectivity index (χ3v) is 4.81. The Morgan fingerprint density at radius 1 is 1.16 bits per heavy atom. The maximum Gasteiger partial charge on any atom is 0.0806 e. The molecule has 2 aliphatic rings. The summed E-state index contributed by atoms with van der Waals surface area (Å²) < 4.78 is 6.38. The van der Waals surface area contributed by atoms with Gasteiger partial charge in [0.15, 0.2) is 0 Å². The molecule has 0 aromatic heterocycles. The molecule has 0 heterocycles. The summed E-state index contributed by atoms with van der Waals surface area (Å²) in [6, 6.07) is 0.801. The average molecular weight is 267 g/mol. The van der Waals surface area contributed by atoms with E-state index >= 15 is 0 Å². The number of nitrogens with one attached hydrogen (secondary N) is 1. The smallest absolute Gasteiger partial charge is 0.0806 e. The maximum atomic E-state index is 6.38. The van der Waals surface area contributed by atoms with Crippen molar-refractivity contribution in [2.24, 2.45) is 11.8 Å². The molecule has 0 aromatic rings. The highest BCUT2D eigenvalue weighted by atomic mass is 16.5. The highest BCUT2D eigenvalue weighted by molar-refractivity contribution is 4.92. The van der Waals surface area contributed by atoms with Crippen molar-refractivity contribution in [1.82, 2.24) is 5.32 Å². The van der Waals surface area contributed by atoms with Crippen molar-refractivity contribution in [1.29, 1.82) is 0 Å². The number of rotatable bonds is 8. The second-order valence-corrected chi connectivity index (χ2v) is 7.41. The van der Waals surface area contributed by atoms with Gasteiger partial charge in [-0.25, -0.2) is 0 Å². The SMILES string of the molecule is CC(C)CCCOC1(CNC2CC2)CCC(C)CC1. The van der Waals surface area contributed by atoms with Gasteiger partial charge >= 0.3 is 0 Å². The van der Waals surface area contributed by atoms with Crippen LogP contribution in [0.5, 0.6) is 0 Å². The lowest BCUT2D eigenvalue weighted by atomic mass is 9.79. The number of hydrogen-bond donors (Lipinski definition) is 1. The van der Waals surface area contributed by atoms with Gasteiger partial charge in [0.05, 0.1) is 5.60 Å². The minimum atomic E-state index is 0.159. The van der Waals surface area contributed by atoms with E-state index in [2.05, 4.69) is 26.1 Å². The Balaban J connectivity index is 1.75. The van der Waals surface area contributed by atoms with E-state index in [-0.39, 0.29) is 5.60 Å². The first kappa shape index (κ1) is 15.3. The van der Waals surface area contributed by atoms with Crippen LogP contribution in [0.15, 0.2) is 0 Å². The first-order valence-electron chi connectivity index (χ1n) is 8.47. The van der Waals surface area contributed by atoms with Crippen LogP contribution in [0.2, 0.25) is 0 Å². The zero-order chi connectivity index (χ0) is 13.7. The van der Waals surface area contributed by atoms with Gasteiger partial charge in [-0.05, 0) is 63.2 Å². The third kappa shape index (κ3) is 5.43. The van der Waals surface area contributed by atoms with Crippen molar-refractivity contribution < 1.29 is 4.74 Å². The molecule has 0 bridgehead atoms. The standard InChI is InChI=1S/C17H33NO/c1-14(2)5-4-12-19-17(13-18-16-6-7-16)10-8-15(3)9-11-17/h14-16,18H,4-13H2,1-3H3. The summed E-state index contributed by atoms with van der Waals surface area (Å²) in [6.45, 7) is 9.03. The molecule has 2 rings (SSSR count). The number of hydrogen-bond acceptors (Lipinski definition) is 2. The molecule has 0 radical (unpaired) electrons. The van der Waals surface area contributed by atoms with Gasteiger partial charge in [0.25, 0.3) is 0 Å². The van der Waals surface area contributed by atoms with Crippen LogP contribution in [0.4, 0.5) is 0 Å². The van der Waals surface area contributed by atoms with E-state index in [9.17, 15) is 0 Å². The first-order valence-corrected chi connectivity index (χ1v) is 8.47. The van der Waals surface area contributed by atoms with E-state index in [1.54, 1.807) is 0 Å². The van der Waals surface area contributed by atoms with Crippen LogP contribution in [0.3, 0.4) is 0 Å². The quantitative estimate of drug-likeness (QED) is 0.667. The predicted octanol–water partition coefficient (Wildman–Crippen LogP) is 4.14. The van der Waals surface area contributed by atoms with Gasteiger partial charge in [-0.15, -0.1) is 0 Å². The Hall–Kier alpha value is -0.0800. The molecule has 0 aliphatic heterocycles. The molecular formula is C17H33NO. The Morgan fingerprint density at radius 2 is 1.84 bits per heavy atom. The topological polar surface area (TPSA) is 21.3 Å². The highest BCUT2D eigenvalue weighted by Crippen LogP contribution is 2.35. The molecule has 0 amide bonds. The average Bonchev–Trinajstić information content (AvgIpc) is 3.19. The van der Waals surface area contributed by atoms with Crippen molar-refractivity contribution in [2.45, 2.75) is 83.8 Å². The van der Waals surface area contributed by atoms with Crippen LogP contribution in [-0.4, -0.2) is 24.8 Å². The highest BCUT2D eigenvalue weighted by Gasteiger charge is 2.36. The normalized spacial score (nSPS) is 31.9. The summed E-state index contributed by atoms with van der Waals surface area (Å²) in [4.78, 5) is 0. The fourth-order valence-electron chi connectivity index (χ4n) is 3.06. The molecule has 2 saturated carbocycles. The van der Waals surface area contributed by atoms with Crippen LogP contribution in [0.1, 0.15) is 72.1 Å². The van der Waals surface area contributed by atoms with Crippen molar-refractivity contribution in [3.63, 3.8) is 0 Å². The summed E-state index contributed by atoms with van der Waals surface area (Å²) in [7, 11) is 0. The lowest BCUT2D eigenvalue weighted by molar-refractivity contribution is -0.0769. The van der Waals surface area contributed by atoms with E-state index in [0.717, 1.165) is 31.0 Å². The molecule has 0 atom stereocenters. The van der Waals surface area contributed by atoms with Crippen LogP contribution < -0.4 is 5.32 Å². The maximum absolute atomic E-state index is 6.38. The van der Waals surface area contributed by atoms with Gasteiger partial charge in [-0.3, -0.25) is 0 Å². The fraction of sp³-hybridized carbons (Fsp3) is 1.00. The van der Waals surface area contributed by atoms with Crippen LogP contribution in [-0.2, 0) is 4.74 Å². The molecule has 0 aromatic carbocycles. The summed E-state index contributed by atoms with van der Waals surface area (Å²) in [5.41, 5.74) is 0.159. The van der Waals surface area contributed by atoms with Gasteiger partial charge in [-0.1, -0.05) is 20.8 Å². The summed E-state index contributed by atoms with van der Waals surface area (Å²) in [5, 5.41) is 3.71. The molecule has 112 valence electrons. The fourth-order valence-corrected chi connectivity index (χ4v) is 3.06. The minimum Gasteiger partial charge on any atom is -0.374 e. The molecule has 19 heavy (non-hydrogen) atoms. The van der Waals surface area contributed by atoms with Crippen LogP contribution >= 0.6 is 0 Å². The monoisotopic (exact) mass is 267 g/mol. The molecule has 2 fully saturated rings. The van der Waals surface area contributed by atoms with Crippen LogP contribution in [0, 0.1) is 11.8 Å². The van der Waals surface area contributed by atoms with E-state index in [4.69, 9.17) is 4.74 Å². The second-order valence-electron chi connectivity index (χ2n) is 7.41. The largest absolute Gasteiger partial charge is 0.374 e. The van der Waals surface area contributed by atoms with Gasteiger partial charge in [0.1, 0.15) is 0 Å².